The molecule has 0 atom stereocenters. The van der Waals surface area contributed by atoms with Crippen molar-refractivity contribution in [1.82, 2.24) is 4.98 Å². The molecule has 1 heterocycles. The van der Waals surface area contributed by atoms with E-state index in [2.05, 4.69) is 4.98 Å². The summed E-state index contributed by atoms with van der Waals surface area (Å²) in [5, 5.41) is 1.58. The molecule has 23 heavy (non-hydrogen) atoms. The predicted octanol–water partition coefficient (Wildman–Crippen LogP) is 4.73. The maximum Gasteiger partial charge on any atom is 0.344 e. The van der Waals surface area contributed by atoms with Gasteiger partial charge in [-0.1, -0.05) is 35.3 Å². The number of aromatic nitrogens is 1. The molecule has 0 spiro atoms. The highest BCUT2D eigenvalue weighted by atomic mass is 35.5. The topological polar surface area (TPSA) is 48.4 Å². The number of nitrogens with zero attached hydrogens (tertiary/aromatic N) is 1. The zero-order valence-corrected chi connectivity index (χ0v) is 14.1. The van der Waals surface area contributed by atoms with Crippen LogP contribution in [0.15, 0.2) is 42.5 Å². The lowest BCUT2D eigenvalue weighted by Gasteiger charge is -2.07. The van der Waals surface area contributed by atoms with Crippen LogP contribution in [0, 0.1) is 0 Å². The molecule has 2 aromatic carbocycles. The van der Waals surface area contributed by atoms with Gasteiger partial charge in [-0.3, -0.25) is 0 Å². The van der Waals surface area contributed by atoms with Crippen molar-refractivity contribution in [2.75, 3.05) is 6.61 Å². The van der Waals surface area contributed by atoms with Crippen molar-refractivity contribution in [2.45, 2.75) is 6.61 Å². The van der Waals surface area contributed by atoms with Crippen molar-refractivity contribution in [2.24, 2.45) is 0 Å². The molecule has 0 saturated heterocycles. The van der Waals surface area contributed by atoms with Gasteiger partial charge in [0.25, 0.3) is 0 Å². The van der Waals surface area contributed by atoms with Gasteiger partial charge in [-0.15, -0.1) is 11.3 Å². The highest BCUT2D eigenvalue weighted by molar-refractivity contribution is 7.18. The molecule has 1 aromatic heterocycles. The molecule has 0 N–H and O–H groups in total. The molecular weight excluding hydrogens is 357 g/mol. The second-order valence-corrected chi connectivity index (χ2v) is 6.56. The van der Waals surface area contributed by atoms with E-state index in [4.69, 9.17) is 32.7 Å². The van der Waals surface area contributed by atoms with Gasteiger partial charge in [0.05, 0.1) is 15.2 Å². The van der Waals surface area contributed by atoms with Crippen molar-refractivity contribution in [1.29, 1.82) is 0 Å². The van der Waals surface area contributed by atoms with Crippen molar-refractivity contribution >= 4 is 50.7 Å². The largest absolute Gasteiger partial charge is 0.480 e. The number of carbonyl (C=O) groups excluding carboxylic acids is 1. The number of esters is 1. The maximum atomic E-state index is 11.7. The van der Waals surface area contributed by atoms with Crippen molar-refractivity contribution < 1.29 is 14.3 Å². The Labute approximate surface area is 146 Å². The molecular formula is C16H11Cl2NO3S. The van der Waals surface area contributed by atoms with Gasteiger partial charge in [-0.2, -0.15) is 0 Å². The Balaban J connectivity index is 1.53. The Morgan fingerprint density at radius 1 is 1.17 bits per heavy atom. The normalized spacial score (nSPS) is 10.7. The molecule has 118 valence electrons. The molecule has 0 radical (unpaired) electrons. The molecule has 0 aliphatic carbocycles. The van der Waals surface area contributed by atoms with Crippen molar-refractivity contribution in [3.63, 3.8) is 0 Å². The first-order valence-electron chi connectivity index (χ1n) is 6.70. The van der Waals surface area contributed by atoms with Crippen molar-refractivity contribution in [3.8, 4) is 5.75 Å². The van der Waals surface area contributed by atoms with E-state index in [9.17, 15) is 4.79 Å². The van der Waals surface area contributed by atoms with Gasteiger partial charge in [-0.25, -0.2) is 9.78 Å². The average Bonchev–Trinajstić information content (AvgIpc) is 2.95. The van der Waals surface area contributed by atoms with Gasteiger partial charge in [-0.05, 0) is 30.3 Å². The van der Waals surface area contributed by atoms with Gasteiger partial charge < -0.3 is 9.47 Å². The number of hydrogen-bond donors (Lipinski definition) is 0. The van der Waals surface area contributed by atoms with E-state index in [1.165, 1.54) is 11.3 Å². The van der Waals surface area contributed by atoms with Crippen molar-refractivity contribution in [3.05, 3.63) is 57.5 Å². The number of rotatable bonds is 5. The molecule has 0 fully saturated rings. The van der Waals surface area contributed by atoms with Crippen LogP contribution in [0.2, 0.25) is 10.0 Å². The molecule has 3 rings (SSSR count). The molecule has 0 saturated carbocycles. The SMILES string of the molecule is O=C(COc1ccc(Cl)cc1Cl)OCc1nc2ccccc2s1. The predicted molar refractivity (Wildman–Crippen MR) is 91.4 cm³/mol. The number of fused-ring (bicyclic) bond motifs is 1. The summed E-state index contributed by atoms with van der Waals surface area (Å²) in [6.45, 7) is -0.109. The first-order chi connectivity index (χ1) is 11.1. The fraction of sp³-hybridized carbons (Fsp3) is 0.125. The molecule has 0 bridgehead atoms. The number of thiazole rings is 1. The van der Waals surface area contributed by atoms with Crippen LogP contribution in [0.3, 0.4) is 0 Å². The monoisotopic (exact) mass is 367 g/mol. The second-order valence-electron chi connectivity index (χ2n) is 4.60. The number of halogens is 2. The van der Waals surface area contributed by atoms with Crippen LogP contribution in [0.5, 0.6) is 5.75 Å². The second kappa shape index (κ2) is 7.17. The quantitative estimate of drug-likeness (QED) is 0.611. The summed E-state index contributed by atoms with van der Waals surface area (Å²) in [7, 11) is 0. The third-order valence-corrected chi connectivity index (χ3v) is 4.47. The fourth-order valence-electron chi connectivity index (χ4n) is 1.89. The average molecular weight is 368 g/mol. The summed E-state index contributed by atoms with van der Waals surface area (Å²) in [6.07, 6.45) is 0. The van der Waals surface area contributed by atoms with E-state index in [0.29, 0.717) is 15.8 Å². The minimum Gasteiger partial charge on any atom is -0.480 e. The highest BCUT2D eigenvalue weighted by Gasteiger charge is 2.10. The lowest BCUT2D eigenvalue weighted by molar-refractivity contribution is -0.147. The van der Waals surface area contributed by atoms with E-state index in [0.717, 1.165) is 15.2 Å². The van der Waals surface area contributed by atoms with Gasteiger partial charge in [0.15, 0.2) is 6.61 Å². The minimum absolute atomic E-state index is 0.121. The molecule has 0 unspecified atom stereocenters. The first-order valence-corrected chi connectivity index (χ1v) is 8.27. The Kier molecular flexibility index (Phi) is 5.00. The lowest BCUT2D eigenvalue weighted by Crippen LogP contribution is -2.14. The van der Waals surface area contributed by atoms with Gasteiger partial charge >= 0.3 is 5.97 Å². The third-order valence-electron chi connectivity index (χ3n) is 2.93. The summed E-state index contributed by atoms with van der Waals surface area (Å²) < 4.78 is 11.5. The van der Waals surface area contributed by atoms with E-state index in [-0.39, 0.29) is 13.2 Å². The molecule has 4 nitrogen and oxygen atoms in total. The van der Waals surface area contributed by atoms with Gasteiger partial charge in [0.2, 0.25) is 0 Å². The number of para-hydroxylation sites is 1. The molecule has 0 aliphatic heterocycles. The van der Waals surface area contributed by atoms with Crippen LogP contribution in [-0.2, 0) is 16.1 Å². The van der Waals surface area contributed by atoms with Gasteiger partial charge in [0, 0.05) is 5.02 Å². The standard InChI is InChI=1S/C16H11Cl2NO3S/c17-10-5-6-13(11(18)7-10)21-9-16(20)22-8-15-19-12-3-1-2-4-14(12)23-15/h1-7H,8-9H2. The van der Waals surface area contributed by atoms with Crippen LogP contribution in [0.1, 0.15) is 5.01 Å². The van der Waals surface area contributed by atoms with Crippen LogP contribution in [0.4, 0.5) is 0 Å². The fourth-order valence-corrected chi connectivity index (χ4v) is 3.24. The Bertz CT molecular complexity index is 817. The smallest absolute Gasteiger partial charge is 0.344 e. The molecule has 7 heteroatoms. The summed E-state index contributed by atoms with van der Waals surface area (Å²) in [5.74, 6) is -0.108. The third kappa shape index (κ3) is 4.13. The lowest BCUT2D eigenvalue weighted by atomic mass is 10.3. The number of benzene rings is 2. The molecule has 3 aromatic rings. The van der Waals surface area contributed by atoms with Gasteiger partial charge in [0.1, 0.15) is 17.4 Å². The van der Waals surface area contributed by atoms with Crippen LogP contribution in [0.25, 0.3) is 10.2 Å². The Morgan fingerprint density at radius 3 is 2.78 bits per heavy atom. The van der Waals surface area contributed by atoms with E-state index < -0.39 is 5.97 Å². The van der Waals surface area contributed by atoms with E-state index >= 15 is 0 Å². The minimum atomic E-state index is -0.490. The Hall–Kier alpha value is -1.82. The maximum absolute atomic E-state index is 11.7. The summed E-state index contributed by atoms with van der Waals surface area (Å²) >= 11 is 13.2. The van der Waals surface area contributed by atoms with E-state index in [1.807, 2.05) is 24.3 Å². The summed E-state index contributed by atoms with van der Waals surface area (Å²) in [5.41, 5.74) is 0.896. The molecule has 0 amide bonds. The summed E-state index contributed by atoms with van der Waals surface area (Å²) in [6, 6.07) is 12.5. The number of ether oxygens (including phenoxy) is 2. The Morgan fingerprint density at radius 2 is 2.00 bits per heavy atom. The zero-order valence-electron chi connectivity index (χ0n) is 11.8. The van der Waals surface area contributed by atoms with Crippen LogP contribution >= 0.6 is 34.5 Å². The van der Waals surface area contributed by atoms with Crippen LogP contribution < -0.4 is 4.74 Å². The highest BCUT2D eigenvalue weighted by Crippen LogP contribution is 2.27. The first kappa shape index (κ1) is 16.1. The van der Waals surface area contributed by atoms with Crippen LogP contribution in [-0.4, -0.2) is 17.6 Å². The number of carbonyl (C=O) groups is 1. The summed E-state index contributed by atoms with van der Waals surface area (Å²) in [4.78, 5) is 16.1. The molecule has 0 aliphatic rings. The van der Waals surface area contributed by atoms with E-state index in [1.54, 1.807) is 18.2 Å². The zero-order chi connectivity index (χ0) is 16.2. The number of hydrogen-bond acceptors (Lipinski definition) is 5.